The van der Waals surface area contributed by atoms with E-state index in [4.69, 9.17) is 10.5 Å². The maximum atomic E-state index is 10.7. The summed E-state index contributed by atoms with van der Waals surface area (Å²) in [7, 11) is 0. The zero-order valence-electron chi connectivity index (χ0n) is 14.6. The van der Waals surface area contributed by atoms with Crippen LogP contribution in [0.25, 0.3) is 21.9 Å². The monoisotopic (exact) mass is 363 g/mol. The molecule has 0 aliphatic carbocycles. The number of nitrogens with two attached hydrogens (primary N) is 1. The molecule has 0 fully saturated rings. The van der Waals surface area contributed by atoms with Crippen LogP contribution < -0.4 is 10.5 Å². The summed E-state index contributed by atoms with van der Waals surface area (Å²) < 4.78 is 7.89. The zero-order chi connectivity index (χ0) is 19.0. The van der Waals surface area contributed by atoms with Crippen molar-refractivity contribution in [3.8, 4) is 5.75 Å². The van der Waals surface area contributed by atoms with Gasteiger partial charge in [-0.1, -0.05) is 18.2 Å². The lowest BCUT2D eigenvalue weighted by Crippen LogP contribution is -2.19. The third-order valence-electron chi connectivity index (χ3n) is 4.32. The van der Waals surface area contributed by atoms with Crippen molar-refractivity contribution >= 4 is 33.4 Å². The van der Waals surface area contributed by atoms with Gasteiger partial charge < -0.3 is 15.0 Å². The second-order valence-electron chi connectivity index (χ2n) is 6.29. The SMILES string of the molecule is CC(Cn1cnc2c(N)nc3ccccc3c21)Oc1ccc([N+](=O)[O-])cc1. The lowest BCUT2D eigenvalue weighted by Gasteiger charge is -2.16. The number of pyridine rings is 1. The molecule has 8 nitrogen and oxygen atoms in total. The van der Waals surface area contributed by atoms with Gasteiger partial charge in [-0.3, -0.25) is 10.1 Å². The number of ether oxygens (including phenoxy) is 1. The number of fused-ring (bicyclic) bond motifs is 3. The van der Waals surface area contributed by atoms with Crippen LogP contribution in [0.1, 0.15) is 6.92 Å². The fraction of sp³-hybridized carbons (Fsp3) is 0.158. The number of imidazole rings is 1. The number of rotatable bonds is 5. The van der Waals surface area contributed by atoms with Crippen LogP contribution in [0.4, 0.5) is 11.5 Å². The smallest absolute Gasteiger partial charge is 0.269 e. The van der Waals surface area contributed by atoms with E-state index in [0.29, 0.717) is 23.6 Å². The number of nitro groups is 1. The number of hydrogen-bond acceptors (Lipinski definition) is 6. The highest BCUT2D eigenvalue weighted by atomic mass is 16.6. The largest absolute Gasteiger partial charge is 0.489 e. The molecule has 2 aromatic carbocycles. The van der Waals surface area contributed by atoms with Crippen molar-refractivity contribution in [1.82, 2.24) is 14.5 Å². The van der Waals surface area contributed by atoms with Gasteiger partial charge >= 0.3 is 0 Å². The van der Waals surface area contributed by atoms with Crippen LogP contribution >= 0.6 is 0 Å². The Balaban J connectivity index is 1.62. The molecule has 0 amide bonds. The molecule has 1 atom stereocenters. The van der Waals surface area contributed by atoms with E-state index in [1.807, 2.05) is 35.8 Å². The van der Waals surface area contributed by atoms with Gasteiger partial charge in [-0.25, -0.2) is 9.97 Å². The van der Waals surface area contributed by atoms with E-state index >= 15 is 0 Å². The van der Waals surface area contributed by atoms with Crippen LogP contribution in [0.5, 0.6) is 5.75 Å². The molecule has 2 heterocycles. The molecule has 4 aromatic rings. The Hall–Kier alpha value is -3.68. The number of nitrogen functional groups attached to an aromatic ring is 1. The minimum absolute atomic E-state index is 0.0325. The van der Waals surface area contributed by atoms with Crippen LogP contribution in [0.2, 0.25) is 0 Å². The first kappa shape index (κ1) is 16.8. The first-order valence-electron chi connectivity index (χ1n) is 8.43. The summed E-state index contributed by atoms with van der Waals surface area (Å²) >= 11 is 0. The number of benzene rings is 2. The molecule has 0 bridgehead atoms. The van der Waals surface area contributed by atoms with Gasteiger partial charge in [0.05, 0.1) is 28.8 Å². The van der Waals surface area contributed by atoms with Gasteiger partial charge in [0.1, 0.15) is 17.4 Å². The van der Waals surface area contributed by atoms with Crippen molar-refractivity contribution in [2.75, 3.05) is 5.73 Å². The van der Waals surface area contributed by atoms with Gasteiger partial charge in [0.25, 0.3) is 5.69 Å². The Bertz CT molecular complexity index is 1140. The normalized spacial score (nSPS) is 12.3. The molecule has 0 saturated carbocycles. The predicted octanol–water partition coefficient (Wildman–Crippen LogP) is 3.54. The lowest BCUT2D eigenvalue weighted by atomic mass is 10.2. The van der Waals surface area contributed by atoms with E-state index in [1.165, 1.54) is 12.1 Å². The summed E-state index contributed by atoms with van der Waals surface area (Å²) in [5, 5.41) is 11.7. The fourth-order valence-electron chi connectivity index (χ4n) is 3.14. The summed E-state index contributed by atoms with van der Waals surface area (Å²) in [5.74, 6) is 0.968. The van der Waals surface area contributed by atoms with Crippen LogP contribution in [0.3, 0.4) is 0 Å². The van der Waals surface area contributed by atoms with Crippen molar-refractivity contribution in [3.63, 3.8) is 0 Å². The quantitative estimate of drug-likeness (QED) is 0.429. The first-order valence-corrected chi connectivity index (χ1v) is 8.43. The Morgan fingerprint density at radius 2 is 1.96 bits per heavy atom. The molecular weight excluding hydrogens is 346 g/mol. The Labute approximate surface area is 154 Å². The molecule has 0 saturated heterocycles. The van der Waals surface area contributed by atoms with E-state index in [2.05, 4.69) is 9.97 Å². The summed E-state index contributed by atoms with van der Waals surface area (Å²) in [6.45, 7) is 2.47. The molecular formula is C19H17N5O3. The van der Waals surface area contributed by atoms with Crippen molar-refractivity contribution in [2.24, 2.45) is 0 Å². The Morgan fingerprint density at radius 1 is 1.22 bits per heavy atom. The fourth-order valence-corrected chi connectivity index (χ4v) is 3.14. The number of para-hydroxylation sites is 1. The topological polar surface area (TPSA) is 109 Å². The standard InChI is InChI=1S/C19H17N5O3/c1-12(27-14-8-6-13(7-9-14)24(25)26)10-23-11-21-17-18(23)15-4-2-3-5-16(15)22-19(17)20/h2-9,11-12H,10H2,1H3,(H2,20,22). The lowest BCUT2D eigenvalue weighted by molar-refractivity contribution is -0.384. The zero-order valence-corrected chi connectivity index (χ0v) is 14.6. The number of hydrogen-bond donors (Lipinski definition) is 1. The third kappa shape index (κ3) is 3.12. The minimum atomic E-state index is -0.436. The Morgan fingerprint density at radius 3 is 2.70 bits per heavy atom. The highest BCUT2D eigenvalue weighted by Crippen LogP contribution is 2.27. The second kappa shape index (κ2) is 6.56. The molecule has 0 aliphatic heterocycles. The average molecular weight is 363 g/mol. The van der Waals surface area contributed by atoms with Gasteiger partial charge in [-0.15, -0.1) is 0 Å². The summed E-state index contributed by atoms with van der Waals surface area (Å²) in [6, 6.07) is 13.8. The maximum Gasteiger partial charge on any atom is 0.269 e. The predicted molar refractivity (Wildman–Crippen MR) is 103 cm³/mol. The maximum absolute atomic E-state index is 10.7. The van der Waals surface area contributed by atoms with Crippen molar-refractivity contribution < 1.29 is 9.66 Å². The highest BCUT2D eigenvalue weighted by Gasteiger charge is 2.15. The van der Waals surface area contributed by atoms with E-state index in [-0.39, 0.29) is 11.8 Å². The molecule has 0 aliphatic rings. The Kier molecular flexibility index (Phi) is 4.08. The molecule has 0 spiro atoms. The second-order valence-corrected chi connectivity index (χ2v) is 6.29. The van der Waals surface area contributed by atoms with Crippen molar-refractivity contribution in [1.29, 1.82) is 0 Å². The van der Waals surface area contributed by atoms with Crippen LogP contribution in [0.15, 0.2) is 54.9 Å². The van der Waals surface area contributed by atoms with E-state index < -0.39 is 4.92 Å². The van der Waals surface area contributed by atoms with Crippen LogP contribution in [-0.4, -0.2) is 25.6 Å². The highest BCUT2D eigenvalue weighted by molar-refractivity contribution is 6.06. The number of anilines is 1. The number of non-ortho nitro benzene ring substituents is 1. The molecule has 2 N–H and O–H groups in total. The van der Waals surface area contributed by atoms with E-state index in [9.17, 15) is 10.1 Å². The molecule has 2 aromatic heterocycles. The van der Waals surface area contributed by atoms with Crippen LogP contribution in [-0.2, 0) is 6.54 Å². The molecule has 1 unspecified atom stereocenters. The van der Waals surface area contributed by atoms with Gasteiger partial charge in [-0.2, -0.15) is 0 Å². The molecule has 136 valence electrons. The van der Waals surface area contributed by atoms with Gasteiger partial charge in [0, 0.05) is 17.5 Å². The number of nitro benzene ring substituents is 1. The summed E-state index contributed by atoms with van der Waals surface area (Å²) in [5.41, 5.74) is 8.48. The van der Waals surface area contributed by atoms with E-state index in [0.717, 1.165) is 16.4 Å². The van der Waals surface area contributed by atoms with Gasteiger partial charge in [0.15, 0.2) is 5.82 Å². The summed E-state index contributed by atoms with van der Waals surface area (Å²) in [6.07, 6.45) is 1.54. The first-order chi connectivity index (χ1) is 13.0. The van der Waals surface area contributed by atoms with Gasteiger partial charge in [-0.05, 0) is 25.1 Å². The van der Waals surface area contributed by atoms with Crippen molar-refractivity contribution in [3.05, 3.63) is 65.0 Å². The molecule has 8 heteroatoms. The molecule has 27 heavy (non-hydrogen) atoms. The summed E-state index contributed by atoms with van der Waals surface area (Å²) in [4.78, 5) is 19.1. The number of aromatic nitrogens is 3. The van der Waals surface area contributed by atoms with Crippen molar-refractivity contribution in [2.45, 2.75) is 19.6 Å². The number of nitrogens with zero attached hydrogens (tertiary/aromatic N) is 4. The van der Waals surface area contributed by atoms with Crippen LogP contribution in [0, 0.1) is 10.1 Å². The third-order valence-corrected chi connectivity index (χ3v) is 4.32. The van der Waals surface area contributed by atoms with Gasteiger partial charge in [0.2, 0.25) is 0 Å². The molecule has 4 rings (SSSR count). The molecule has 0 radical (unpaired) electrons. The minimum Gasteiger partial charge on any atom is -0.489 e. The van der Waals surface area contributed by atoms with E-state index in [1.54, 1.807) is 18.5 Å². The average Bonchev–Trinajstić information content (AvgIpc) is 3.07.